The van der Waals surface area contributed by atoms with E-state index in [0.29, 0.717) is 5.82 Å². The van der Waals surface area contributed by atoms with Crippen molar-refractivity contribution in [1.82, 2.24) is 9.97 Å². The highest BCUT2D eigenvalue weighted by Crippen LogP contribution is 2.15. The van der Waals surface area contributed by atoms with Crippen molar-refractivity contribution in [3.05, 3.63) is 11.9 Å². The summed E-state index contributed by atoms with van der Waals surface area (Å²) in [4.78, 5) is 10.8. The molecule has 1 aromatic heterocycles. The van der Waals surface area contributed by atoms with Crippen LogP contribution in [-0.4, -0.2) is 34.8 Å². The molecule has 0 saturated heterocycles. The highest BCUT2D eigenvalue weighted by molar-refractivity contribution is 5.46. The first kappa shape index (κ1) is 13.7. The molecule has 0 radical (unpaired) electrons. The molecule has 3 N–H and O–H groups in total. The lowest BCUT2D eigenvalue weighted by Gasteiger charge is -2.22. The lowest BCUT2D eigenvalue weighted by atomic mass is 10.3. The Labute approximate surface area is 103 Å². The van der Waals surface area contributed by atoms with Gasteiger partial charge in [0.05, 0.1) is 0 Å². The average Bonchev–Trinajstić information content (AvgIpc) is 2.30. The van der Waals surface area contributed by atoms with Crippen molar-refractivity contribution >= 4 is 11.6 Å². The highest BCUT2D eigenvalue weighted by atomic mass is 16.3. The van der Waals surface area contributed by atoms with Gasteiger partial charge in [0, 0.05) is 32.2 Å². The van der Waals surface area contributed by atoms with Gasteiger partial charge in [0.2, 0.25) is 0 Å². The molecule has 0 aliphatic heterocycles. The number of nitrogens with two attached hydrogens (primary N) is 1. The SMILES string of the molecule is CCCc1nc(N)cc(N(CC)CCCO)n1. The lowest BCUT2D eigenvalue weighted by molar-refractivity contribution is 0.289. The van der Waals surface area contributed by atoms with E-state index in [1.807, 2.05) is 0 Å². The van der Waals surface area contributed by atoms with Gasteiger partial charge < -0.3 is 15.7 Å². The van der Waals surface area contributed by atoms with Crippen LogP contribution >= 0.6 is 0 Å². The van der Waals surface area contributed by atoms with E-state index in [-0.39, 0.29) is 6.61 Å². The molecule has 0 atom stereocenters. The summed E-state index contributed by atoms with van der Waals surface area (Å²) >= 11 is 0. The van der Waals surface area contributed by atoms with Crippen molar-refractivity contribution in [2.24, 2.45) is 0 Å². The van der Waals surface area contributed by atoms with Crippen LogP contribution in [-0.2, 0) is 6.42 Å². The number of nitrogen functional groups attached to an aromatic ring is 1. The second-order valence-electron chi connectivity index (χ2n) is 3.97. The molecule has 5 nitrogen and oxygen atoms in total. The van der Waals surface area contributed by atoms with Crippen molar-refractivity contribution in [3.63, 3.8) is 0 Å². The van der Waals surface area contributed by atoms with Crippen molar-refractivity contribution in [1.29, 1.82) is 0 Å². The largest absolute Gasteiger partial charge is 0.396 e. The van der Waals surface area contributed by atoms with Crippen molar-refractivity contribution in [2.75, 3.05) is 30.3 Å². The minimum Gasteiger partial charge on any atom is -0.396 e. The van der Waals surface area contributed by atoms with E-state index in [9.17, 15) is 0 Å². The summed E-state index contributed by atoms with van der Waals surface area (Å²) in [6, 6.07) is 1.79. The standard InChI is InChI=1S/C12H22N4O/c1-3-6-11-14-10(13)9-12(15-11)16(4-2)7-5-8-17/h9,17H,3-8H2,1-2H3,(H2,13,14,15). The molecular weight excluding hydrogens is 216 g/mol. The van der Waals surface area contributed by atoms with Gasteiger partial charge >= 0.3 is 0 Å². The number of rotatable bonds is 7. The Hall–Kier alpha value is -1.36. The van der Waals surface area contributed by atoms with Gasteiger partial charge in [-0.3, -0.25) is 0 Å². The molecule has 1 heterocycles. The van der Waals surface area contributed by atoms with Crippen LogP contribution in [0.3, 0.4) is 0 Å². The molecule has 1 aromatic rings. The van der Waals surface area contributed by atoms with Gasteiger partial charge in [-0.25, -0.2) is 9.97 Å². The Balaban J connectivity index is 2.85. The number of aliphatic hydroxyl groups excluding tert-OH is 1. The van der Waals surface area contributed by atoms with Crippen LogP contribution in [0.25, 0.3) is 0 Å². The van der Waals surface area contributed by atoms with Gasteiger partial charge in [0.1, 0.15) is 17.5 Å². The first-order valence-corrected chi connectivity index (χ1v) is 6.20. The quantitative estimate of drug-likeness (QED) is 0.747. The maximum absolute atomic E-state index is 8.87. The zero-order chi connectivity index (χ0) is 12.7. The van der Waals surface area contributed by atoms with E-state index in [2.05, 4.69) is 28.7 Å². The van der Waals surface area contributed by atoms with Crippen LogP contribution in [0.5, 0.6) is 0 Å². The monoisotopic (exact) mass is 238 g/mol. The second kappa shape index (κ2) is 7.06. The van der Waals surface area contributed by atoms with Gasteiger partial charge in [0.15, 0.2) is 0 Å². The zero-order valence-electron chi connectivity index (χ0n) is 10.7. The first-order valence-electron chi connectivity index (χ1n) is 6.20. The molecule has 0 fully saturated rings. The van der Waals surface area contributed by atoms with Crippen molar-refractivity contribution in [2.45, 2.75) is 33.1 Å². The highest BCUT2D eigenvalue weighted by Gasteiger charge is 2.08. The summed E-state index contributed by atoms with van der Waals surface area (Å²) in [5, 5.41) is 8.87. The summed E-state index contributed by atoms with van der Waals surface area (Å²) in [7, 11) is 0. The fraction of sp³-hybridized carbons (Fsp3) is 0.667. The number of anilines is 2. The third-order valence-electron chi connectivity index (χ3n) is 2.54. The number of nitrogens with zero attached hydrogens (tertiary/aromatic N) is 3. The smallest absolute Gasteiger partial charge is 0.134 e. The van der Waals surface area contributed by atoms with Crippen LogP contribution < -0.4 is 10.6 Å². The van der Waals surface area contributed by atoms with Crippen LogP contribution in [0.15, 0.2) is 6.07 Å². The summed E-state index contributed by atoms with van der Waals surface area (Å²) in [6.07, 6.45) is 2.59. The fourth-order valence-electron chi connectivity index (χ4n) is 1.70. The lowest BCUT2D eigenvalue weighted by Crippen LogP contribution is -2.26. The van der Waals surface area contributed by atoms with Gasteiger partial charge in [-0.1, -0.05) is 6.92 Å². The predicted molar refractivity (Wildman–Crippen MR) is 70.0 cm³/mol. The molecule has 1 rings (SSSR count). The predicted octanol–water partition coefficient (Wildman–Crippen LogP) is 1.22. The summed E-state index contributed by atoms with van der Waals surface area (Å²) in [5.41, 5.74) is 5.78. The van der Waals surface area contributed by atoms with Gasteiger partial charge in [0.25, 0.3) is 0 Å². The average molecular weight is 238 g/mol. The third-order valence-corrected chi connectivity index (χ3v) is 2.54. The molecule has 0 aromatic carbocycles. The van der Waals surface area contributed by atoms with Crippen molar-refractivity contribution < 1.29 is 5.11 Å². The molecule has 0 bridgehead atoms. The van der Waals surface area contributed by atoms with Crippen LogP contribution in [0, 0.1) is 0 Å². The molecule has 17 heavy (non-hydrogen) atoms. The Morgan fingerprint density at radius 3 is 2.71 bits per heavy atom. The Kier molecular flexibility index (Phi) is 5.69. The minimum absolute atomic E-state index is 0.193. The molecule has 0 saturated carbocycles. The van der Waals surface area contributed by atoms with E-state index in [0.717, 1.165) is 44.0 Å². The fourth-order valence-corrected chi connectivity index (χ4v) is 1.70. The molecular formula is C12H22N4O. The molecule has 0 amide bonds. The van der Waals surface area contributed by atoms with E-state index in [4.69, 9.17) is 10.8 Å². The van der Waals surface area contributed by atoms with Crippen LogP contribution in [0.1, 0.15) is 32.5 Å². The number of aryl methyl sites for hydroxylation is 1. The van der Waals surface area contributed by atoms with Crippen molar-refractivity contribution in [3.8, 4) is 0 Å². The molecule has 0 aliphatic rings. The summed E-state index contributed by atoms with van der Waals surface area (Å²) < 4.78 is 0. The zero-order valence-corrected chi connectivity index (χ0v) is 10.7. The molecule has 0 aliphatic carbocycles. The Bertz CT molecular complexity index is 343. The summed E-state index contributed by atoms with van der Waals surface area (Å²) in [6.45, 7) is 5.99. The van der Waals surface area contributed by atoms with E-state index in [1.165, 1.54) is 0 Å². The van der Waals surface area contributed by atoms with Gasteiger partial charge in [-0.15, -0.1) is 0 Å². The first-order chi connectivity index (χ1) is 8.21. The molecule has 0 spiro atoms. The Morgan fingerprint density at radius 2 is 2.12 bits per heavy atom. The Morgan fingerprint density at radius 1 is 1.35 bits per heavy atom. The molecule has 5 heteroatoms. The molecule has 96 valence electrons. The summed E-state index contributed by atoms with van der Waals surface area (Å²) in [5.74, 6) is 2.17. The maximum Gasteiger partial charge on any atom is 0.134 e. The number of aromatic nitrogens is 2. The topological polar surface area (TPSA) is 75.3 Å². The normalized spacial score (nSPS) is 10.5. The number of hydrogen-bond acceptors (Lipinski definition) is 5. The second-order valence-corrected chi connectivity index (χ2v) is 3.97. The van der Waals surface area contributed by atoms with Crippen LogP contribution in [0.4, 0.5) is 11.6 Å². The van der Waals surface area contributed by atoms with Gasteiger partial charge in [-0.2, -0.15) is 0 Å². The minimum atomic E-state index is 0.193. The number of aliphatic hydroxyl groups is 1. The van der Waals surface area contributed by atoms with Crippen LogP contribution in [0.2, 0.25) is 0 Å². The molecule has 0 unspecified atom stereocenters. The van der Waals surface area contributed by atoms with E-state index >= 15 is 0 Å². The van der Waals surface area contributed by atoms with Gasteiger partial charge in [-0.05, 0) is 19.8 Å². The maximum atomic E-state index is 8.87. The van der Waals surface area contributed by atoms with E-state index < -0.39 is 0 Å². The number of hydrogen-bond donors (Lipinski definition) is 2. The van der Waals surface area contributed by atoms with E-state index in [1.54, 1.807) is 6.07 Å². The third kappa shape index (κ3) is 4.19.